The Hall–Kier alpha value is -2.69. The fraction of sp³-hybridized carbons (Fsp3) is 0.300. The van der Waals surface area contributed by atoms with Crippen molar-refractivity contribution in [2.45, 2.75) is 24.9 Å². The number of alkyl halides is 2. The molecule has 28 heavy (non-hydrogen) atoms. The van der Waals surface area contributed by atoms with Crippen molar-refractivity contribution in [2.24, 2.45) is 5.73 Å². The molecule has 144 valence electrons. The van der Waals surface area contributed by atoms with Crippen LogP contribution < -0.4 is 10.6 Å². The predicted molar refractivity (Wildman–Crippen MR) is 106 cm³/mol. The highest BCUT2D eigenvalue weighted by Crippen LogP contribution is 2.33. The molecular formula is C20H18ClF2N5. The Morgan fingerprint density at radius 2 is 2.00 bits per heavy atom. The second-order valence-electron chi connectivity index (χ2n) is 6.95. The number of benzene rings is 2. The number of fused-ring (bicyclic) bond motifs is 1. The molecule has 1 saturated heterocycles. The molecule has 0 aliphatic carbocycles. The van der Waals surface area contributed by atoms with E-state index in [0.717, 1.165) is 11.1 Å². The zero-order valence-electron chi connectivity index (χ0n) is 14.9. The summed E-state index contributed by atoms with van der Waals surface area (Å²) in [4.78, 5) is 9.86. The van der Waals surface area contributed by atoms with Crippen molar-refractivity contribution in [3.63, 3.8) is 0 Å². The molecule has 2 N–H and O–H groups in total. The Balaban J connectivity index is 1.76. The number of halogens is 3. The fourth-order valence-electron chi connectivity index (χ4n) is 3.47. The quantitative estimate of drug-likeness (QED) is 0.659. The first-order valence-corrected chi connectivity index (χ1v) is 9.26. The lowest BCUT2D eigenvalue weighted by molar-refractivity contribution is -0.0395. The van der Waals surface area contributed by atoms with Gasteiger partial charge in [-0.05, 0) is 17.7 Å². The molecule has 0 radical (unpaired) electrons. The Bertz CT molecular complexity index is 1050. The second kappa shape index (κ2) is 7.04. The minimum atomic E-state index is -2.87. The summed E-state index contributed by atoms with van der Waals surface area (Å²) in [6.45, 7) is 7.74. The van der Waals surface area contributed by atoms with Crippen LogP contribution in [0.4, 0.5) is 20.4 Å². The summed E-state index contributed by atoms with van der Waals surface area (Å²) in [5, 5.41) is 0.507. The Morgan fingerprint density at radius 1 is 1.25 bits per heavy atom. The van der Waals surface area contributed by atoms with Crippen LogP contribution in [-0.2, 0) is 6.54 Å². The molecule has 1 atom stereocenters. The molecule has 4 rings (SSSR count). The van der Waals surface area contributed by atoms with Crippen molar-refractivity contribution in [2.75, 3.05) is 18.0 Å². The van der Waals surface area contributed by atoms with Gasteiger partial charge in [0.2, 0.25) is 5.95 Å². The standard InChI is InChI=1S/C20H18ClF2N5/c1-25-14-7-5-13(6-8-14)11-28-16-4-2-3-15(21)18(16)26-19(28)27-10-9-20(22,23)17(24)12-27/h2-8,17H,9-12,24H2/t17-/m1/s1. The largest absolute Gasteiger partial charge is 0.340 e. The summed E-state index contributed by atoms with van der Waals surface area (Å²) in [7, 11) is 0. The Kier molecular flexibility index (Phi) is 4.69. The third-order valence-corrected chi connectivity index (χ3v) is 5.38. The summed E-state index contributed by atoms with van der Waals surface area (Å²) >= 11 is 6.33. The molecule has 0 unspecified atom stereocenters. The normalized spacial score (nSPS) is 19.0. The molecule has 2 heterocycles. The second-order valence-corrected chi connectivity index (χ2v) is 7.35. The van der Waals surface area contributed by atoms with Crippen molar-refractivity contribution < 1.29 is 8.78 Å². The number of hydrogen-bond acceptors (Lipinski definition) is 3. The number of piperidine rings is 1. The monoisotopic (exact) mass is 401 g/mol. The van der Waals surface area contributed by atoms with Crippen molar-refractivity contribution in [1.82, 2.24) is 9.55 Å². The highest BCUT2D eigenvalue weighted by molar-refractivity contribution is 6.35. The van der Waals surface area contributed by atoms with Gasteiger partial charge < -0.3 is 15.2 Å². The van der Waals surface area contributed by atoms with E-state index in [-0.39, 0.29) is 19.5 Å². The number of nitrogens with zero attached hydrogens (tertiary/aromatic N) is 4. The topological polar surface area (TPSA) is 51.4 Å². The predicted octanol–water partition coefficient (Wildman–Crippen LogP) is 4.46. The van der Waals surface area contributed by atoms with E-state index in [2.05, 4.69) is 9.83 Å². The van der Waals surface area contributed by atoms with Crippen LogP contribution in [0.2, 0.25) is 5.02 Å². The van der Waals surface area contributed by atoms with E-state index < -0.39 is 12.0 Å². The van der Waals surface area contributed by atoms with E-state index in [0.29, 0.717) is 28.7 Å². The molecule has 0 spiro atoms. The Morgan fingerprint density at radius 3 is 2.68 bits per heavy atom. The molecule has 8 heteroatoms. The maximum Gasteiger partial charge on any atom is 0.266 e. The van der Waals surface area contributed by atoms with Crippen molar-refractivity contribution in [3.8, 4) is 0 Å². The fourth-order valence-corrected chi connectivity index (χ4v) is 3.68. The highest BCUT2D eigenvalue weighted by Gasteiger charge is 2.42. The third-order valence-electron chi connectivity index (χ3n) is 5.07. The minimum absolute atomic E-state index is 0.0185. The SMILES string of the molecule is [C-]#[N+]c1ccc(Cn2c(N3CCC(F)(F)[C@H](N)C3)nc3c(Cl)cccc32)cc1. The van der Waals surface area contributed by atoms with Crippen LogP contribution in [0.5, 0.6) is 0 Å². The average molecular weight is 402 g/mol. The summed E-state index contributed by atoms with van der Waals surface area (Å²) in [5.74, 6) is -2.30. The van der Waals surface area contributed by atoms with Gasteiger partial charge in [0.15, 0.2) is 5.69 Å². The number of rotatable bonds is 3. The number of nitrogens with two attached hydrogens (primary N) is 1. The number of aromatic nitrogens is 2. The maximum absolute atomic E-state index is 13.9. The highest BCUT2D eigenvalue weighted by atomic mass is 35.5. The van der Waals surface area contributed by atoms with Gasteiger partial charge in [0.05, 0.1) is 29.7 Å². The van der Waals surface area contributed by atoms with Crippen molar-refractivity contribution >= 4 is 34.3 Å². The number of para-hydroxylation sites is 1. The lowest BCUT2D eigenvalue weighted by Crippen LogP contribution is -2.55. The van der Waals surface area contributed by atoms with Crippen molar-refractivity contribution in [1.29, 1.82) is 0 Å². The lowest BCUT2D eigenvalue weighted by atomic mass is 10.0. The third kappa shape index (κ3) is 3.30. The zero-order valence-corrected chi connectivity index (χ0v) is 15.7. The molecule has 3 aromatic rings. The van der Waals surface area contributed by atoms with Crippen LogP contribution in [0.25, 0.3) is 15.9 Å². The van der Waals surface area contributed by atoms with Crippen LogP contribution in [0.15, 0.2) is 42.5 Å². The lowest BCUT2D eigenvalue weighted by Gasteiger charge is -2.37. The smallest absolute Gasteiger partial charge is 0.266 e. The van der Waals surface area contributed by atoms with E-state index in [9.17, 15) is 8.78 Å². The Labute approximate surface area is 166 Å². The first-order valence-electron chi connectivity index (χ1n) is 8.88. The minimum Gasteiger partial charge on any atom is -0.340 e. The van der Waals surface area contributed by atoms with Crippen LogP contribution >= 0.6 is 11.6 Å². The number of imidazole rings is 1. The van der Waals surface area contributed by atoms with E-state index >= 15 is 0 Å². The molecule has 1 aliphatic rings. The molecule has 1 fully saturated rings. The molecule has 5 nitrogen and oxygen atoms in total. The molecule has 1 aliphatic heterocycles. The number of anilines is 1. The van der Waals surface area contributed by atoms with E-state index in [1.54, 1.807) is 23.1 Å². The van der Waals surface area contributed by atoms with Crippen LogP contribution in [0, 0.1) is 6.57 Å². The van der Waals surface area contributed by atoms with Gasteiger partial charge in [-0.3, -0.25) is 0 Å². The van der Waals surface area contributed by atoms with Gasteiger partial charge in [0.1, 0.15) is 5.52 Å². The van der Waals surface area contributed by atoms with Crippen LogP contribution in [-0.4, -0.2) is 34.6 Å². The van der Waals surface area contributed by atoms with Gasteiger partial charge in [-0.15, -0.1) is 0 Å². The van der Waals surface area contributed by atoms with E-state index in [4.69, 9.17) is 23.9 Å². The molecule has 0 amide bonds. The first-order chi connectivity index (χ1) is 13.4. The van der Waals surface area contributed by atoms with Gasteiger partial charge >= 0.3 is 0 Å². The molecule has 2 aromatic carbocycles. The van der Waals surface area contributed by atoms with Gasteiger partial charge in [-0.2, -0.15) is 0 Å². The van der Waals surface area contributed by atoms with Gasteiger partial charge in [-0.25, -0.2) is 18.6 Å². The summed E-state index contributed by atoms with van der Waals surface area (Å²) in [5.41, 5.74) is 8.70. The number of hydrogen-bond donors (Lipinski definition) is 1. The zero-order chi connectivity index (χ0) is 19.9. The first kappa shape index (κ1) is 18.7. The van der Waals surface area contributed by atoms with Crippen LogP contribution in [0.3, 0.4) is 0 Å². The summed E-state index contributed by atoms with van der Waals surface area (Å²) < 4.78 is 29.7. The van der Waals surface area contributed by atoms with E-state index in [1.807, 2.05) is 28.8 Å². The molecule has 1 aromatic heterocycles. The maximum atomic E-state index is 13.9. The molecule has 0 saturated carbocycles. The van der Waals surface area contributed by atoms with Crippen LogP contribution in [0.1, 0.15) is 12.0 Å². The molecular weight excluding hydrogens is 384 g/mol. The average Bonchev–Trinajstić information content (AvgIpc) is 3.04. The van der Waals surface area contributed by atoms with E-state index in [1.165, 1.54) is 0 Å². The van der Waals surface area contributed by atoms with Gasteiger partial charge in [-0.1, -0.05) is 41.9 Å². The summed E-state index contributed by atoms with van der Waals surface area (Å²) in [6.07, 6.45) is -0.315. The van der Waals surface area contributed by atoms with Gasteiger partial charge in [0, 0.05) is 19.5 Å². The van der Waals surface area contributed by atoms with Crippen molar-refractivity contribution in [3.05, 3.63) is 64.5 Å². The molecule has 0 bridgehead atoms. The van der Waals surface area contributed by atoms with Gasteiger partial charge in [0.25, 0.3) is 5.92 Å². The summed E-state index contributed by atoms with van der Waals surface area (Å²) in [6, 6.07) is 11.5.